The molecule has 0 aliphatic rings. The number of hydrogen-bond acceptors (Lipinski definition) is 6. The summed E-state index contributed by atoms with van der Waals surface area (Å²) in [6.07, 6.45) is 0.0666. The quantitative estimate of drug-likeness (QED) is 0.538. The fourth-order valence-corrected chi connectivity index (χ4v) is 3.48. The van der Waals surface area contributed by atoms with E-state index < -0.39 is 5.91 Å². The Kier molecular flexibility index (Phi) is 7.40. The van der Waals surface area contributed by atoms with Crippen LogP contribution in [0.15, 0.2) is 53.9 Å². The van der Waals surface area contributed by atoms with Gasteiger partial charge in [-0.3, -0.25) is 20.4 Å². The van der Waals surface area contributed by atoms with Gasteiger partial charge in [0.05, 0.1) is 25.3 Å². The summed E-state index contributed by atoms with van der Waals surface area (Å²) in [5.74, 6) is 0.739. The van der Waals surface area contributed by atoms with Crippen molar-refractivity contribution in [3.8, 4) is 22.1 Å². The topological polar surface area (TPSA) is 89.6 Å². The van der Waals surface area contributed by atoms with Gasteiger partial charge in [-0.25, -0.2) is 4.98 Å². The van der Waals surface area contributed by atoms with E-state index in [0.717, 1.165) is 16.3 Å². The number of hydrazine groups is 1. The summed E-state index contributed by atoms with van der Waals surface area (Å²) in [7, 11) is 0. The molecule has 0 saturated carbocycles. The Morgan fingerprint density at radius 2 is 1.50 bits per heavy atom. The first-order valence-corrected chi connectivity index (χ1v) is 10.5. The molecule has 0 saturated heterocycles. The number of aromatic nitrogens is 1. The first-order chi connectivity index (χ1) is 14.6. The average Bonchev–Trinajstić information content (AvgIpc) is 3.22. The van der Waals surface area contributed by atoms with Crippen molar-refractivity contribution in [1.29, 1.82) is 0 Å². The molecule has 0 radical (unpaired) electrons. The standard InChI is InChI=1S/C22H23N3O4S/c1-3-28-18-9-5-15(6-10-18)21(27)25-24-20(26)13-17-14-30-22(23-17)16-7-11-19(12-8-16)29-4-2/h5-12,14H,3-4,13H2,1-2H3,(H,24,26)(H,25,27). The Morgan fingerprint density at radius 3 is 2.10 bits per heavy atom. The summed E-state index contributed by atoms with van der Waals surface area (Å²) in [6.45, 7) is 5.00. The molecule has 30 heavy (non-hydrogen) atoms. The maximum absolute atomic E-state index is 12.2. The molecule has 0 aliphatic heterocycles. The van der Waals surface area contributed by atoms with Gasteiger partial charge in [0, 0.05) is 16.5 Å². The lowest BCUT2D eigenvalue weighted by Crippen LogP contribution is -2.42. The lowest BCUT2D eigenvalue weighted by molar-refractivity contribution is -0.121. The Labute approximate surface area is 179 Å². The van der Waals surface area contributed by atoms with E-state index in [1.807, 2.05) is 43.5 Å². The lowest BCUT2D eigenvalue weighted by atomic mass is 10.2. The molecular weight excluding hydrogens is 402 g/mol. The molecule has 2 amide bonds. The van der Waals surface area contributed by atoms with E-state index >= 15 is 0 Å². The third kappa shape index (κ3) is 5.81. The summed E-state index contributed by atoms with van der Waals surface area (Å²) in [5, 5.41) is 2.65. The summed E-state index contributed by atoms with van der Waals surface area (Å²) in [6, 6.07) is 14.3. The third-order valence-electron chi connectivity index (χ3n) is 4.05. The largest absolute Gasteiger partial charge is 0.494 e. The van der Waals surface area contributed by atoms with Crippen LogP contribution in [0.3, 0.4) is 0 Å². The van der Waals surface area contributed by atoms with Crippen molar-refractivity contribution < 1.29 is 19.1 Å². The summed E-state index contributed by atoms with van der Waals surface area (Å²) >= 11 is 1.46. The van der Waals surface area contributed by atoms with Crippen LogP contribution in [0, 0.1) is 0 Å². The molecule has 1 heterocycles. The van der Waals surface area contributed by atoms with Crippen LogP contribution in [0.4, 0.5) is 0 Å². The van der Waals surface area contributed by atoms with E-state index in [1.54, 1.807) is 24.3 Å². The minimum absolute atomic E-state index is 0.0666. The van der Waals surface area contributed by atoms with Gasteiger partial charge in [-0.1, -0.05) is 0 Å². The highest BCUT2D eigenvalue weighted by molar-refractivity contribution is 7.13. The van der Waals surface area contributed by atoms with Crippen LogP contribution in [0.5, 0.6) is 11.5 Å². The number of hydrogen-bond donors (Lipinski definition) is 2. The number of nitrogens with zero attached hydrogens (tertiary/aromatic N) is 1. The number of rotatable bonds is 8. The van der Waals surface area contributed by atoms with Gasteiger partial charge in [-0.2, -0.15) is 0 Å². The molecule has 0 spiro atoms. The fraction of sp³-hybridized carbons (Fsp3) is 0.227. The smallest absolute Gasteiger partial charge is 0.269 e. The second-order valence-corrected chi connectivity index (χ2v) is 7.10. The van der Waals surface area contributed by atoms with Crippen LogP contribution in [0.2, 0.25) is 0 Å². The van der Waals surface area contributed by atoms with Crippen molar-refractivity contribution in [2.24, 2.45) is 0 Å². The van der Waals surface area contributed by atoms with Crippen LogP contribution >= 0.6 is 11.3 Å². The second kappa shape index (κ2) is 10.4. The van der Waals surface area contributed by atoms with Gasteiger partial charge in [-0.05, 0) is 62.4 Å². The van der Waals surface area contributed by atoms with Crippen LogP contribution in [0.25, 0.3) is 10.6 Å². The fourth-order valence-electron chi connectivity index (χ4n) is 2.66. The number of carbonyl (C=O) groups is 2. The molecule has 0 atom stereocenters. The SMILES string of the molecule is CCOc1ccc(C(=O)NNC(=O)Cc2csc(-c3ccc(OCC)cc3)n2)cc1. The van der Waals surface area contributed by atoms with Crippen molar-refractivity contribution in [3.05, 3.63) is 65.2 Å². The minimum atomic E-state index is -0.403. The van der Waals surface area contributed by atoms with Crippen molar-refractivity contribution in [2.75, 3.05) is 13.2 Å². The zero-order valence-corrected chi connectivity index (χ0v) is 17.6. The zero-order chi connectivity index (χ0) is 21.3. The molecule has 1 aromatic heterocycles. The molecule has 3 aromatic rings. The lowest BCUT2D eigenvalue weighted by Gasteiger charge is -2.08. The highest BCUT2D eigenvalue weighted by atomic mass is 32.1. The summed E-state index contributed by atoms with van der Waals surface area (Å²) in [4.78, 5) is 28.8. The van der Waals surface area contributed by atoms with Crippen molar-refractivity contribution in [2.45, 2.75) is 20.3 Å². The van der Waals surface area contributed by atoms with Crippen LogP contribution < -0.4 is 20.3 Å². The van der Waals surface area contributed by atoms with Crippen LogP contribution in [-0.2, 0) is 11.2 Å². The maximum atomic E-state index is 12.2. The van der Waals surface area contributed by atoms with Gasteiger partial charge in [0.1, 0.15) is 16.5 Å². The van der Waals surface area contributed by atoms with Crippen molar-refractivity contribution in [1.82, 2.24) is 15.8 Å². The van der Waals surface area contributed by atoms with Gasteiger partial charge < -0.3 is 9.47 Å². The number of thiazole rings is 1. The van der Waals surface area contributed by atoms with Gasteiger partial charge >= 0.3 is 0 Å². The first-order valence-electron chi connectivity index (χ1n) is 9.58. The molecule has 7 nitrogen and oxygen atoms in total. The van der Waals surface area contributed by atoms with E-state index in [2.05, 4.69) is 15.8 Å². The van der Waals surface area contributed by atoms with Gasteiger partial charge in [0.25, 0.3) is 5.91 Å². The highest BCUT2D eigenvalue weighted by Gasteiger charge is 2.11. The molecule has 3 rings (SSSR count). The van der Waals surface area contributed by atoms with Crippen molar-refractivity contribution in [3.63, 3.8) is 0 Å². The van der Waals surface area contributed by atoms with Crippen LogP contribution in [0.1, 0.15) is 29.9 Å². The summed E-state index contributed by atoms with van der Waals surface area (Å²) < 4.78 is 10.8. The molecule has 0 unspecified atom stereocenters. The second-order valence-electron chi connectivity index (χ2n) is 6.24. The predicted molar refractivity (Wildman–Crippen MR) is 116 cm³/mol. The van der Waals surface area contributed by atoms with E-state index in [0.29, 0.717) is 30.2 Å². The van der Waals surface area contributed by atoms with Gasteiger partial charge in [-0.15, -0.1) is 11.3 Å². The monoisotopic (exact) mass is 425 g/mol. The van der Waals surface area contributed by atoms with Crippen LogP contribution in [-0.4, -0.2) is 30.0 Å². The molecule has 0 aliphatic carbocycles. The van der Waals surface area contributed by atoms with E-state index in [-0.39, 0.29) is 12.3 Å². The molecule has 0 bridgehead atoms. The number of carbonyl (C=O) groups excluding carboxylic acids is 2. The number of ether oxygens (including phenoxy) is 2. The van der Waals surface area contributed by atoms with E-state index in [1.165, 1.54) is 11.3 Å². The Bertz CT molecular complexity index is 984. The number of nitrogens with one attached hydrogen (secondary N) is 2. The molecule has 2 N–H and O–H groups in total. The Balaban J connectivity index is 1.51. The maximum Gasteiger partial charge on any atom is 0.269 e. The van der Waals surface area contributed by atoms with E-state index in [4.69, 9.17) is 9.47 Å². The minimum Gasteiger partial charge on any atom is -0.494 e. The molecule has 156 valence electrons. The van der Waals surface area contributed by atoms with Crippen molar-refractivity contribution >= 4 is 23.2 Å². The average molecular weight is 426 g/mol. The normalized spacial score (nSPS) is 10.3. The highest BCUT2D eigenvalue weighted by Crippen LogP contribution is 2.26. The Morgan fingerprint density at radius 1 is 0.900 bits per heavy atom. The zero-order valence-electron chi connectivity index (χ0n) is 16.8. The Hall–Kier alpha value is -3.39. The van der Waals surface area contributed by atoms with E-state index in [9.17, 15) is 9.59 Å². The molecule has 2 aromatic carbocycles. The first kappa shape index (κ1) is 21.3. The molecule has 8 heteroatoms. The number of benzene rings is 2. The third-order valence-corrected chi connectivity index (χ3v) is 4.99. The molecular formula is C22H23N3O4S. The number of amides is 2. The predicted octanol–water partition coefficient (Wildman–Crippen LogP) is 3.61. The summed E-state index contributed by atoms with van der Waals surface area (Å²) in [5.41, 5.74) is 6.84. The van der Waals surface area contributed by atoms with Gasteiger partial charge in [0.2, 0.25) is 5.91 Å². The molecule has 0 fully saturated rings. The van der Waals surface area contributed by atoms with Gasteiger partial charge in [0.15, 0.2) is 0 Å².